The molecule has 3 saturated carbocycles. The molecule has 10 heteroatoms. The van der Waals surface area contributed by atoms with Crippen molar-refractivity contribution in [3.8, 4) is 6.07 Å². The lowest BCUT2D eigenvalue weighted by atomic mass is 9.33. The van der Waals surface area contributed by atoms with E-state index >= 15 is 0 Å². The van der Waals surface area contributed by atoms with Crippen LogP contribution in [0.3, 0.4) is 0 Å². The highest BCUT2D eigenvalue weighted by atomic mass is 32.2. The lowest BCUT2D eigenvalue weighted by Crippen LogP contribution is -2.74. The highest BCUT2D eigenvalue weighted by Gasteiger charge is 2.75. The molecule has 236 valence electrons. The Labute approximate surface area is 260 Å². The Morgan fingerprint density at radius 1 is 1.00 bits per heavy atom. The molecule has 1 heterocycles. The summed E-state index contributed by atoms with van der Waals surface area (Å²) in [6.07, 6.45) is 10.4. The minimum Gasteiger partial charge on any atom is -0.381 e. The minimum absolute atomic E-state index is 0.0930. The van der Waals surface area contributed by atoms with Gasteiger partial charge in [0.1, 0.15) is 18.0 Å². The SMILES string of the molecule is CC1(C)C(=O)C(C#N)=C[C@]2(C)C3=CC(=O)[C@]4(O)[C@@H]5C[C@@](C)(NS(=O)(=O)c6ccncn6)CC[C@]5(C)CC[C@@]4(C)[C@]3(C)CC[C@@H]12. The van der Waals surface area contributed by atoms with Gasteiger partial charge in [-0.25, -0.2) is 23.1 Å². The third-order valence-electron chi connectivity index (χ3n) is 13.5. The average molecular weight is 621 g/mol. The molecule has 1 aromatic heterocycles. The molecular formula is C34H44N4O5S. The highest BCUT2D eigenvalue weighted by molar-refractivity contribution is 7.89. The zero-order valence-electron chi connectivity index (χ0n) is 26.8. The molecule has 5 aliphatic carbocycles. The van der Waals surface area contributed by atoms with E-state index < -0.39 is 48.7 Å². The molecule has 0 bridgehead atoms. The highest BCUT2D eigenvalue weighted by Crippen LogP contribution is 2.75. The first-order valence-electron chi connectivity index (χ1n) is 15.7. The van der Waals surface area contributed by atoms with E-state index in [1.165, 1.54) is 18.6 Å². The summed E-state index contributed by atoms with van der Waals surface area (Å²) in [6, 6.07) is 3.48. The summed E-state index contributed by atoms with van der Waals surface area (Å²) in [5.74, 6) is -1.10. The third-order valence-corrected chi connectivity index (χ3v) is 15.0. The van der Waals surface area contributed by atoms with Crippen molar-refractivity contribution < 1.29 is 23.1 Å². The number of allylic oxidation sites excluding steroid dienone is 3. The lowest BCUT2D eigenvalue weighted by Gasteiger charge is -2.71. The van der Waals surface area contributed by atoms with Crippen LogP contribution in [0.1, 0.15) is 93.4 Å². The Morgan fingerprint density at radius 2 is 1.68 bits per heavy atom. The summed E-state index contributed by atoms with van der Waals surface area (Å²) in [7, 11) is -3.97. The number of aliphatic hydroxyl groups is 1. The predicted octanol–water partition coefficient (Wildman–Crippen LogP) is 4.84. The third kappa shape index (κ3) is 3.78. The molecule has 0 aromatic carbocycles. The van der Waals surface area contributed by atoms with Crippen molar-refractivity contribution in [2.75, 3.05) is 0 Å². The summed E-state index contributed by atoms with van der Waals surface area (Å²) in [5, 5.41) is 22.8. The number of hydrogen-bond acceptors (Lipinski definition) is 8. The molecule has 0 spiro atoms. The second-order valence-electron chi connectivity index (χ2n) is 16.1. The Bertz CT molecular complexity index is 1680. The first kappa shape index (κ1) is 31.3. The molecule has 2 N–H and O–H groups in total. The van der Waals surface area contributed by atoms with Crippen LogP contribution in [0.5, 0.6) is 0 Å². The molecule has 0 aliphatic heterocycles. The number of fused-ring (bicyclic) bond motifs is 7. The van der Waals surface area contributed by atoms with E-state index in [2.05, 4.69) is 41.5 Å². The van der Waals surface area contributed by atoms with E-state index in [4.69, 9.17) is 0 Å². The first-order valence-corrected chi connectivity index (χ1v) is 17.2. The Morgan fingerprint density at radius 3 is 2.32 bits per heavy atom. The van der Waals surface area contributed by atoms with Crippen LogP contribution < -0.4 is 4.72 Å². The number of carbonyl (C=O) groups is 2. The van der Waals surface area contributed by atoms with Crippen LogP contribution in [0.25, 0.3) is 0 Å². The van der Waals surface area contributed by atoms with Gasteiger partial charge in [-0.15, -0.1) is 0 Å². The van der Waals surface area contributed by atoms with Crippen LogP contribution >= 0.6 is 0 Å². The Hall–Kier alpha value is -2.74. The van der Waals surface area contributed by atoms with Gasteiger partial charge in [-0.2, -0.15) is 5.26 Å². The van der Waals surface area contributed by atoms with E-state index in [-0.39, 0.29) is 33.5 Å². The van der Waals surface area contributed by atoms with Crippen molar-refractivity contribution >= 4 is 21.6 Å². The smallest absolute Gasteiger partial charge is 0.258 e. The van der Waals surface area contributed by atoms with Gasteiger partial charge in [0.25, 0.3) is 10.0 Å². The number of nitriles is 1. The number of Topliss-reactive ketones (excluding diaryl/α,β-unsaturated/α-hetero) is 1. The zero-order valence-corrected chi connectivity index (χ0v) is 27.6. The van der Waals surface area contributed by atoms with E-state index in [1.807, 2.05) is 27.7 Å². The van der Waals surface area contributed by atoms with E-state index in [0.717, 1.165) is 18.4 Å². The van der Waals surface area contributed by atoms with Gasteiger partial charge in [0.15, 0.2) is 16.6 Å². The van der Waals surface area contributed by atoms with Gasteiger partial charge in [-0.05, 0) is 86.3 Å². The molecular weight excluding hydrogens is 576 g/mol. The molecule has 0 amide bonds. The van der Waals surface area contributed by atoms with Crippen molar-refractivity contribution in [3.63, 3.8) is 0 Å². The zero-order chi connectivity index (χ0) is 32.4. The lowest BCUT2D eigenvalue weighted by molar-refractivity contribution is -0.239. The maximum Gasteiger partial charge on any atom is 0.258 e. The molecule has 44 heavy (non-hydrogen) atoms. The van der Waals surface area contributed by atoms with Gasteiger partial charge in [0, 0.05) is 33.9 Å². The molecule has 9 nitrogen and oxygen atoms in total. The van der Waals surface area contributed by atoms with Crippen molar-refractivity contribution in [2.45, 2.75) is 110 Å². The molecule has 3 fully saturated rings. The van der Waals surface area contributed by atoms with Crippen molar-refractivity contribution in [2.24, 2.45) is 38.9 Å². The number of nitrogens with zero attached hydrogens (tertiary/aromatic N) is 3. The molecule has 0 saturated heterocycles. The van der Waals surface area contributed by atoms with Crippen LogP contribution in [0.4, 0.5) is 0 Å². The monoisotopic (exact) mass is 620 g/mol. The average Bonchev–Trinajstić information content (AvgIpc) is 2.95. The van der Waals surface area contributed by atoms with Crippen LogP contribution in [0.2, 0.25) is 0 Å². The maximum absolute atomic E-state index is 14.6. The van der Waals surface area contributed by atoms with Crippen molar-refractivity contribution in [1.82, 2.24) is 14.7 Å². The molecule has 6 rings (SSSR count). The normalized spacial score (nSPS) is 44.6. The predicted molar refractivity (Wildman–Crippen MR) is 163 cm³/mol. The molecule has 0 radical (unpaired) electrons. The van der Waals surface area contributed by atoms with E-state index in [9.17, 15) is 28.4 Å². The van der Waals surface area contributed by atoms with Crippen LogP contribution in [0, 0.1) is 50.2 Å². The maximum atomic E-state index is 14.6. The molecule has 8 atom stereocenters. The van der Waals surface area contributed by atoms with Gasteiger partial charge < -0.3 is 5.11 Å². The first-order chi connectivity index (χ1) is 20.2. The fraction of sp³-hybridized carbons (Fsp3) is 0.676. The number of rotatable bonds is 3. The fourth-order valence-electron chi connectivity index (χ4n) is 10.7. The molecule has 1 aromatic rings. The van der Waals surface area contributed by atoms with E-state index in [1.54, 1.807) is 12.2 Å². The number of hydrogen-bond donors (Lipinski definition) is 2. The second-order valence-corrected chi connectivity index (χ2v) is 17.7. The Kier molecular flexibility index (Phi) is 6.51. The van der Waals surface area contributed by atoms with Gasteiger partial charge in [-0.3, -0.25) is 9.59 Å². The van der Waals surface area contributed by atoms with Gasteiger partial charge in [0.05, 0.1) is 5.57 Å². The van der Waals surface area contributed by atoms with Crippen LogP contribution in [-0.4, -0.2) is 46.2 Å². The van der Waals surface area contributed by atoms with Gasteiger partial charge in [-0.1, -0.05) is 47.6 Å². The second kappa shape index (κ2) is 9.17. The Balaban J connectivity index is 1.46. The number of nitrogens with one attached hydrogen (secondary N) is 1. The van der Waals surface area contributed by atoms with Gasteiger partial charge in [0.2, 0.25) is 0 Å². The van der Waals surface area contributed by atoms with Crippen molar-refractivity contribution in [1.29, 1.82) is 5.26 Å². The number of aromatic nitrogens is 2. The summed E-state index contributed by atoms with van der Waals surface area (Å²) < 4.78 is 29.6. The van der Waals surface area contributed by atoms with Crippen LogP contribution in [-0.2, 0) is 19.6 Å². The van der Waals surface area contributed by atoms with Crippen LogP contribution in [0.15, 0.2) is 46.9 Å². The largest absolute Gasteiger partial charge is 0.381 e. The quantitative estimate of drug-likeness (QED) is 0.456. The minimum atomic E-state index is -3.97. The fourth-order valence-corrected chi connectivity index (χ4v) is 12.0. The van der Waals surface area contributed by atoms with Gasteiger partial charge >= 0.3 is 0 Å². The summed E-state index contributed by atoms with van der Waals surface area (Å²) in [6.45, 7) is 14.1. The number of carbonyl (C=O) groups excluding carboxylic acids is 2. The molecule has 0 unspecified atom stereocenters. The number of ketones is 2. The van der Waals surface area contributed by atoms with Crippen molar-refractivity contribution in [3.05, 3.63) is 41.9 Å². The summed E-state index contributed by atoms with van der Waals surface area (Å²) in [4.78, 5) is 35.7. The summed E-state index contributed by atoms with van der Waals surface area (Å²) in [5.41, 5.74) is -4.89. The standard InChI is InChI=1S/C34H44N4O5S/c1-28(2)22-8-10-32(6)23(31(22,5)17-21(19-35)27(28)40)16-25(39)34(41)24-18-30(4,13-11-29(24,3)12-14-33(32,34)7)38-44(42,43)26-9-15-36-20-37-26/h9,15-17,20,22,24,38,41H,8,10-14,18H2,1-7H3/t22-,24+,29+,30-,31-,32+,33-,34+/m0/s1. The summed E-state index contributed by atoms with van der Waals surface area (Å²) >= 11 is 0. The molecule has 5 aliphatic rings. The number of sulfonamides is 1. The topological polar surface area (TPSA) is 150 Å². The van der Waals surface area contributed by atoms with E-state index in [0.29, 0.717) is 32.1 Å².